The SMILES string of the molecule is C[C@H](c1ccc(Cl)cc1Cl)N(C)CC(=O)NC[C@H]1CCCO1. The molecule has 1 aromatic rings. The number of likely N-dealkylation sites (N-methyl/N-ethyl adjacent to an activating group) is 1. The van der Waals surface area contributed by atoms with Gasteiger partial charge in [-0.25, -0.2) is 0 Å². The van der Waals surface area contributed by atoms with E-state index in [-0.39, 0.29) is 18.1 Å². The van der Waals surface area contributed by atoms with Crippen LogP contribution < -0.4 is 5.32 Å². The summed E-state index contributed by atoms with van der Waals surface area (Å²) in [7, 11) is 1.90. The van der Waals surface area contributed by atoms with Crippen LogP contribution in [0.5, 0.6) is 0 Å². The van der Waals surface area contributed by atoms with Crippen LogP contribution in [0, 0.1) is 0 Å². The lowest BCUT2D eigenvalue weighted by Gasteiger charge is -2.25. The monoisotopic (exact) mass is 344 g/mol. The van der Waals surface area contributed by atoms with E-state index in [1.54, 1.807) is 6.07 Å². The second-order valence-electron chi connectivity index (χ2n) is 5.70. The maximum Gasteiger partial charge on any atom is 0.234 e. The molecule has 2 atom stereocenters. The summed E-state index contributed by atoms with van der Waals surface area (Å²) in [5, 5.41) is 4.15. The summed E-state index contributed by atoms with van der Waals surface area (Å²) < 4.78 is 5.49. The van der Waals surface area contributed by atoms with Gasteiger partial charge in [0.1, 0.15) is 0 Å². The first-order valence-electron chi connectivity index (χ1n) is 7.51. The molecule has 1 amide bonds. The van der Waals surface area contributed by atoms with Crippen molar-refractivity contribution in [3.05, 3.63) is 33.8 Å². The Balaban J connectivity index is 1.84. The average molecular weight is 345 g/mol. The second-order valence-corrected chi connectivity index (χ2v) is 6.54. The molecule has 1 aliphatic rings. The van der Waals surface area contributed by atoms with Crippen LogP contribution in [0.3, 0.4) is 0 Å². The van der Waals surface area contributed by atoms with Crippen molar-refractivity contribution in [2.24, 2.45) is 0 Å². The van der Waals surface area contributed by atoms with Gasteiger partial charge in [-0.3, -0.25) is 9.69 Å². The van der Waals surface area contributed by atoms with Crippen molar-refractivity contribution < 1.29 is 9.53 Å². The molecule has 0 unspecified atom stereocenters. The Labute approximate surface area is 141 Å². The highest BCUT2D eigenvalue weighted by atomic mass is 35.5. The van der Waals surface area contributed by atoms with Crippen LogP contribution in [0.4, 0.5) is 0 Å². The third kappa shape index (κ3) is 4.85. The van der Waals surface area contributed by atoms with E-state index in [9.17, 15) is 4.79 Å². The number of hydrogen-bond acceptors (Lipinski definition) is 3. The van der Waals surface area contributed by atoms with Crippen molar-refractivity contribution in [1.82, 2.24) is 10.2 Å². The molecule has 6 heteroatoms. The summed E-state index contributed by atoms with van der Waals surface area (Å²) >= 11 is 12.1. The van der Waals surface area contributed by atoms with Crippen molar-refractivity contribution in [3.63, 3.8) is 0 Å². The minimum Gasteiger partial charge on any atom is -0.376 e. The molecule has 0 spiro atoms. The number of carbonyl (C=O) groups is 1. The smallest absolute Gasteiger partial charge is 0.234 e. The number of amides is 1. The number of rotatable bonds is 6. The fraction of sp³-hybridized carbons (Fsp3) is 0.562. The molecule has 1 aromatic carbocycles. The van der Waals surface area contributed by atoms with Gasteiger partial charge in [0, 0.05) is 29.2 Å². The molecule has 0 aliphatic carbocycles. The number of carbonyl (C=O) groups excluding carboxylic acids is 1. The predicted octanol–water partition coefficient (Wildman–Crippen LogP) is 3.28. The fourth-order valence-corrected chi connectivity index (χ4v) is 3.10. The summed E-state index contributed by atoms with van der Waals surface area (Å²) in [5.74, 6) is -0.00469. The summed E-state index contributed by atoms with van der Waals surface area (Å²) in [4.78, 5) is 14.0. The van der Waals surface area contributed by atoms with Crippen molar-refractivity contribution >= 4 is 29.1 Å². The van der Waals surface area contributed by atoms with E-state index >= 15 is 0 Å². The topological polar surface area (TPSA) is 41.6 Å². The fourth-order valence-electron chi connectivity index (χ4n) is 2.53. The Hall–Kier alpha value is -0.810. The third-order valence-electron chi connectivity index (χ3n) is 4.02. The van der Waals surface area contributed by atoms with Crippen LogP contribution >= 0.6 is 23.2 Å². The van der Waals surface area contributed by atoms with Gasteiger partial charge in [-0.15, -0.1) is 0 Å². The van der Waals surface area contributed by atoms with Crippen LogP contribution in [0.1, 0.15) is 31.4 Å². The van der Waals surface area contributed by atoms with Gasteiger partial charge in [-0.2, -0.15) is 0 Å². The van der Waals surface area contributed by atoms with Crippen molar-refractivity contribution in [2.45, 2.75) is 31.9 Å². The quantitative estimate of drug-likeness (QED) is 0.860. The van der Waals surface area contributed by atoms with E-state index in [1.807, 2.05) is 31.0 Å². The van der Waals surface area contributed by atoms with Gasteiger partial charge >= 0.3 is 0 Å². The summed E-state index contributed by atoms with van der Waals surface area (Å²) in [6.07, 6.45) is 2.26. The maximum atomic E-state index is 12.0. The van der Waals surface area contributed by atoms with E-state index in [0.29, 0.717) is 23.1 Å². The minimum absolute atomic E-state index is 0.00469. The molecule has 0 bridgehead atoms. The Morgan fingerprint density at radius 1 is 1.50 bits per heavy atom. The van der Waals surface area contributed by atoms with Gasteiger partial charge in [0.05, 0.1) is 12.6 Å². The third-order valence-corrected chi connectivity index (χ3v) is 4.58. The molecule has 0 saturated carbocycles. The molecule has 0 radical (unpaired) electrons. The highest BCUT2D eigenvalue weighted by Crippen LogP contribution is 2.28. The first-order valence-corrected chi connectivity index (χ1v) is 8.26. The molecular formula is C16H22Cl2N2O2. The molecule has 0 aromatic heterocycles. The molecule has 1 saturated heterocycles. The van der Waals surface area contributed by atoms with Crippen LogP contribution in [0.15, 0.2) is 18.2 Å². The van der Waals surface area contributed by atoms with Gasteiger partial charge in [0.15, 0.2) is 0 Å². The van der Waals surface area contributed by atoms with E-state index < -0.39 is 0 Å². The number of hydrogen-bond donors (Lipinski definition) is 1. The molecule has 22 heavy (non-hydrogen) atoms. The number of nitrogens with one attached hydrogen (secondary N) is 1. The lowest BCUT2D eigenvalue weighted by atomic mass is 10.1. The van der Waals surface area contributed by atoms with Gasteiger partial charge in [0.2, 0.25) is 5.91 Å². The second kappa shape index (κ2) is 8.16. The molecule has 1 fully saturated rings. The Morgan fingerprint density at radius 2 is 2.27 bits per heavy atom. The largest absolute Gasteiger partial charge is 0.376 e. The molecule has 1 aliphatic heterocycles. The van der Waals surface area contributed by atoms with Crippen molar-refractivity contribution in [1.29, 1.82) is 0 Å². The van der Waals surface area contributed by atoms with E-state index in [2.05, 4.69) is 5.32 Å². The van der Waals surface area contributed by atoms with E-state index in [4.69, 9.17) is 27.9 Å². The lowest BCUT2D eigenvalue weighted by molar-refractivity contribution is -0.122. The van der Waals surface area contributed by atoms with Crippen molar-refractivity contribution in [3.8, 4) is 0 Å². The molecule has 122 valence electrons. The molecule has 4 nitrogen and oxygen atoms in total. The number of ether oxygens (including phenoxy) is 1. The van der Waals surface area contributed by atoms with Gasteiger partial charge < -0.3 is 10.1 Å². The summed E-state index contributed by atoms with van der Waals surface area (Å²) in [5.41, 5.74) is 0.959. The van der Waals surface area contributed by atoms with Crippen molar-refractivity contribution in [2.75, 3.05) is 26.7 Å². The molecular weight excluding hydrogens is 323 g/mol. The number of halogens is 2. The zero-order valence-electron chi connectivity index (χ0n) is 12.9. The summed E-state index contributed by atoms with van der Waals surface area (Å²) in [6, 6.07) is 5.46. The average Bonchev–Trinajstić information content (AvgIpc) is 2.97. The zero-order valence-corrected chi connectivity index (χ0v) is 14.5. The Morgan fingerprint density at radius 3 is 2.91 bits per heavy atom. The first kappa shape index (κ1) is 17.5. The highest BCUT2D eigenvalue weighted by molar-refractivity contribution is 6.35. The van der Waals surface area contributed by atoms with Crippen LogP contribution in [0.2, 0.25) is 10.0 Å². The van der Waals surface area contributed by atoms with Gasteiger partial charge in [-0.05, 0) is 44.5 Å². The number of nitrogens with zero attached hydrogens (tertiary/aromatic N) is 1. The first-order chi connectivity index (χ1) is 10.5. The van der Waals surface area contributed by atoms with Crippen LogP contribution in [-0.4, -0.2) is 43.7 Å². The van der Waals surface area contributed by atoms with Gasteiger partial charge in [-0.1, -0.05) is 29.3 Å². The van der Waals surface area contributed by atoms with Gasteiger partial charge in [0.25, 0.3) is 0 Å². The Bertz CT molecular complexity index is 519. The van der Waals surface area contributed by atoms with Crippen LogP contribution in [-0.2, 0) is 9.53 Å². The maximum absolute atomic E-state index is 12.0. The van der Waals surface area contributed by atoms with Crippen LogP contribution in [0.25, 0.3) is 0 Å². The molecule has 1 N–H and O–H groups in total. The van der Waals surface area contributed by atoms with E-state index in [1.165, 1.54) is 0 Å². The normalized spacial score (nSPS) is 19.4. The summed E-state index contributed by atoms with van der Waals surface area (Å²) in [6.45, 7) is 3.71. The minimum atomic E-state index is -0.00469. The zero-order chi connectivity index (χ0) is 16.1. The molecule has 1 heterocycles. The standard InChI is InChI=1S/C16H22Cl2N2O2/c1-11(14-6-5-12(17)8-15(14)18)20(2)10-16(21)19-9-13-4-3-7-22-13/h5-6,8,11,13H,3-4,7,9-10H2,1-2H3,(H,19,21)/t11-,13-/m1/s1. The molecule has 2 rings (SSSR count). The predicted molar refractivity (Wildman–Crippen MR) is 89.5 cm³/mol. The highest BCUT2D eigenvalue weighted by Gasteiger charge is 2.19. The lowest BCUT2D eigenvalue weighted by Crippen LogP contribution is -2.39. The number of benzene rings is 1. The van der Waals surface area contributed by atoms with E-state index in [0.717, 1.165) is 25.0 Å². The Kier molecular flexibility index (Phi) is 6.50.